The molecule has 5 nitrogen and oxygen atoms in total. The number of aromatic nitrogens is 1. The Bertz CT molecular complexity index is 900. The van der Waals surface area contributed by atoms with Gasteiger partial charge in [0.1, 0.15) is 0 Å². The summed E-state index contributed by atoms with van der Waals surface area (Å²) >= 11 is 1.60. The molecule has 2 aromatic carbocycles. The van der Waals surface area contributed by atoms with Gasteiger partial charge in [0, 0.05) is 24.3 Å². The van der Waals surface area contributed by atoms with Crippen LogP contribution < -0.4 is 10.6 Å². The SMILES string of the molecule is NC(=O)c1ccc(N2CCOCC2)cc1-c1ccc2scnc2c1. The molecule has 0 aliphatic carbocycles. The maximum Gasteiger partial charge on any atom is 0.249 e. The van der Waals surface area contributed by atoms with Crippen LogP contribution in [0.25, 0.3) is 21.3 Å². The number of anilines is 1. The fourth-order valence-electron chi connectivity index (χ4n) is 3.03. The van der Waals surface area contributed by atoms with E-state index >= 15 is 0 Å². The van der Waals surface area contributed by atoms with E-state index in [0.29, 0.717) is 5.56 Å². The predicted octanol–water partition coefficient (Wildman–Crippen LogP) is 2.90. The van der Waals surface area contributed by atoms with Gasteiger partial charge in [0.15, 0.2) is 0 Å². The Labute approximate surface area is 143 Å². The molecule has 1 fully saturated rings. The lowest BCUT2D eigenvalue weighted by Crippen LogP contribution is -2.36. The first kappa shape index (κ1) is 15.1. The van der Waals surface area contributed by atoms with E-state index < -0.39 is 5.91 Å². The van der Waals surface area contributed by atoms with E-state index in [1.54, 1.807) is 11.3 Å². The summed E-state index contributed by atoms with van der Waals surface area (Å²) in [6, 6.07) is 11.9. The van der Waals surface area contributed by atoms with E-state index in [1.165, 1.54) is 0 Å². The molecule has 2 heterocycles. The lowest BCUT2D eigenvalue weighted by molar-refractivity contribution is 0.100. The van der Waals surface area contributed by atoms with Gasteiger partial charge in [-0.05, 0) is 41.5 Å². The maximum absolute atomic E-state index is 11.9. The molecule has 1 saturated heterocycles. The van der Waals surface area contributed by atoms with Crippen LogP contribution in [-0.4, -0.2) is 37.2 Å². The van der Waals surface area contributed by atoms with E-state index in [4.69, 9.17) is 10.5 Å². The molecule has 122 valence electrons. The summed E-state index contributed by atoms with van der Waals surface area (Å²) in [5.74, 6) is -0.420. The van der Waals surface area contributed by atoms with Crippen LogP contribution in [0.2, 0.25) is 0 Å². The molecule has 0 unspecified atom stereocenters. The van der Waals surface area contributed by atoms with Crippen molar-refractivity contribution in [2.75, 3.05) is 31.2 Å². The average molecular weight is 339 g/mol. The number of thiazole rings is 1. The molecule has 4 rings (SSSR count). The molecule has 2 N–H and O–H groups in total. The molecule has 1 aromatic heterocycles. The Kier molecular flexibility index (Phi) is 3.92. The summed E-state index contributed by atoms with van der Waals surface area (Å²) in [5, 5.41) is 0. The zero-order valence-electron chi connectivity index (χ0n) is 13.1. The van der Waals surface area contributed by atoms with E-state index in [2.05, 4.69) is 9.88 Å². The van der Waals surface area contributed by atoms with Crippen LogP contribution in [-0.2, 0) is 4.74 Å². The minimum atomic E-state index is -0.420. The molecule has 0 bridgehead atoms. The highest BCUT2D eigenvalue weighted by Crippen LogP contribution is 2.31. The van der Waals surface area contributed by atoms with Crippen molar-refractivity contribution < 1.29 is 9.53 Å². The van der Waals surface area contributed by atoms with Crippen LogP contribution in [0, 0.1) is 0 Å². The standard InChI is InChI=1S/C18H17N3O2S/c19-18(22)14-3-2-13(21-5-7-23-8-6-21)10-15(14)12-1-4-17-16(9-12)20-11-24-17/h1-4,9-11H,5-8H2,(H2,19,22). The third-order valence-electron chi connectivity index (χ3n) is 4.29. The quantitative estimate of drug-likeness (QED) is 0.797. The summed E-state index contributed by atoms with van der Waals surface area (Å²) in [7, 11) is 0. The zero-order valence-corrected chi connectivity index (χ0v) is 13.9. The third-order valence-corrected chi connectivity index (χ3v) is 5.10. The minimum absolute atomic E-state index is 0.420. The van der Waals surface area contributed by atoms with Crippen molar-refractivity contribution in [2.45, 2.75) is 0 Å². The number of nitrogens with two attached hydrogens (primary N) is 1. The summed E-state index contributed by atoms with van der Waals surface area (Å²) < 4.78 is 6.54. The van der Waals surface area contributed by atoms with Crippen molar-refractivity contribution >= 4 is 33.1 Å². The number of nitrogens with zero attached hydrogens (tertiary/aromatic N) is 2. The molecule has 1 aliphatic heterocycles. The second kappa shape index (κ2) is 6.22. The van der Waals surface area contributed by atoms with Crippen LogP contribution in [0.1, 0.15) is 10.4 Å². The topological polar surface area (TPSA) is 68.5 Å². The number of hydrogen-bond donors (Lipinski definition) is 1. The smallest absolute Gasteiger partial charge is 0.249 e. The number of rotatable bonds is 3. The lowest BCUT2D eigenvalue weighted by Gasteiger charge is -2.29. The zero-order chi connectivity index (χ0) is 16.5. The van der Waals surface area contributed by atoms with E-state index in [0.717, 1.165) is 53.3 Å². The molecule has 3 aromatic rings. The number of morpholine rings is 1. The molecule has 0 atom stereocenters. The number of benzene rings is 2. The van der Waals surface area contributed by atoms with Crippen LogP contribution in [0.3, 0.4) is 0 Å². The molecule has 0 spiro atoms. The number of amides is 1. The highest BCUT2D eigenvalue weighted by Gasteiger charge is 2.16. The number of hydrogen-bond acceptors (Lipinski definition) is 5. The summed E-state index contributed by atoms with van der Waals surface area (Å²) in [5.41, 5.74) is 11.8. The van der Waals surface area contributed by atoms with Gasteiger partial charge in [-0.3, -0.25) is 4.79 Å². The second-order valence-electron chi connectivity index (χ2n) is 5.73. The Morgan fingerprint density at radius 3 is 2.79 bits per heavy atom. The Balaban J connectivity index is 1.82. The van der Waals surface area contributed by atoms with Gasteiger partial charge in [-0.15, -0.1) is 11.3 Å². The number of primary amides is 1. The largest absolute Gasteiger partial charge is 0.378 e. The van der Waals surface area contributed by atoms with Gasteiger partial charge in [-0.25, -0.2) is 4.98 Å². The highest BCUT2D eigenvalue weighted by molar-refractivity contribution is 7.16. The minimum Gasteiger partial charge on any atom is -0.378 e. The van der Waals surface area contributed by atoms with Crippen LogP contribution in [0.15, 0.2) is 41.9 Å². The highest BCUT2D eigenvalue weighted by atomic mass is 32.1. The molecule has 6 heteroatoms. The Morgan fingerprint density at radius 2 is 2.00 bits per heavy atom. The number of fused-ring (bicyclic) bond motifs is 1. The number of ether oxygens (including phenoxy) is 1. The van der Waals surface area contributed by atoms with Gasteiger partial charge in [-0.2, -0.15) is 0 Å². The van der Waals surface area contributed by atoms with E-state index in [1.807, 2.05) is 41.9 Å². The number of carbonyl (C=O) groups excluding carboxylic acids is 1. The lowest BCUT2D eigenvalue weighted by atomic mass is 9.98. The normalized spacial score (nSPS) is 14.9. The van der Waals surface area contributed by atoms with Crippen molar-refractivity contribution in [3.05, 3.63) is 47.5 Å². The molecule has 0 radical (unpaired) electrons. The predicted molar refractivity (Wildman–Crippen MR) is 96.6 cm³/mol. The first-order valence-corrected chi connectivity index (χ1v) is 8.70. The Morgan fingerprint density at radius 1 is 1.17 bits per heavy atom. The van der Waals surface area contributed by atoms with Crippen molar-refractivity contribution in [1.82, 2.24) is 4.98 Å². The molecular weight excluding hydrogens is 322 g/mol. The van der Waals surface area contributed by atoms with Gasteiger partial charge >= 0.3 is 0 Å². The Hall–Kier alpha value is -2.44. The summed E-state index contributed by atoms with van der Waals surface area (Å²) in [6.45, 7) is 3.14. The monoisotopic (exact) mass is 339 g/mol. The third kappa shape index (κ3) is 2.74. The molecule has 0 saturated carbocycles. The molecular formula is C18H17N3O2S. The maximum atomic E-state index is 11.9. The van der Waals surface area contributed by atoms with Crippen molar-refractivity contribution in [3.63, 3.8) is 0 Å². The van der Waals surface area contributed by atoms with Gasteiger partial charge in [-0.1, -0.05) is 6.07 Å². The van der Waals surface area contributed by atoms with Gasteiger partial charge in [0.05, 0.1) is 28.9 Å². The fourth-order valence-corrected chi connectivity index (χ4v) is 3.69. The fraction of sp³-hybridized carbons (Fsp3) is 0.222. The van der Waals surface area contributed by atoms with Crippen LogP contribution in [0.5, 0.6) is 0 Å². The van der Waals surface area contributed by atoms with Crippen LogP contribution in [0.4, 0.5) is 5.69 Å². The molecule has 1 amide bonds. The van der Waals surface area contributed by atoms with Crippen molar-refractivity contribution in [2.24, 2.45) is 5.73 Å². The summed E-state index contributed by atoms with van der Waals surface area (Å²) in [6.07, 6.45) is 0. The summed E-state index contributed by atoms with van der Waals surface area (Å²) in [4.78, 5) is 18.5. The first-order valence-electron chi connectivity index (χ1n) is 7.82. The average Bonchev–Trinajstić information content (AvgIpc) is 3.09. The van der Waals surface area contributed by atoms with Crippen molar-refractivity contribution in [3.8, 4) is 11.1 Å². The molecule has 24 heavy (non-hydrogen) atoms. The van der Waals surface area contributed by atoms with Crippen LogP contribution >= 0.6 is 11.3 Å². The van der Waals surface area contributed by atoms with Gasteiger partial charge in [0.2, 0.25) is 5.91 Å². The molecule has 1 aliphatic rings. The van der Waals surface area contributed by atoms with E-state index in [-0.39, 0.29) is 0 Å². The van der Waals surface area contributed by atoms with Crippen molar-refractivity contribution in [1.29, 1.82) is 0 Å². The number of carbonyl (C=O) groups is 1. The second-order valence-corrected chi connectivity index (χ2v) is 6.61. The van der Waals surface area contributed by atoms with Gasteiger partial charge in [0.25, 0.3) is 0 Å². The van der Waals surface area contributed by atoms with Gasteiger partial charge < -0.3 is 15.4 Å². The first-order chi connectivity index (χ1) is 11.7. The van der Waals surface area contributed by atoms with E-state index in [9.17, 15) is 4.79 Å².